The summed E-state index contributed by atoms with van der Waals surface area (Å²) in [4.78, 5) is 2.54. The Morgan fingerprint density at radius 3 is 2.87 bits per heavy atom. The molecule has 3 heteroatoms. The number of hydrogen-bond acceptors (Lipinski definition) is 2. The van der Waals surface area contributed by atoms with Crippen LogP contribution in [0.3, 0.4) is 0 Å². The highest BCUT2D eigenvalue weighted by Gasteiger charge is 2.19. The Labute approximate surface area is 92.1 Å². The summed E-state index contributed by atoms with van der Waals surface area (Å²) in [6.07, 6.45) is 3.14. The van der Waals surface area contributed by atoms with Gasteiger partial charge in [0.05, 0.1) is 18.4 Å². The molecule has 0 atom stereocenters. The summed E-state index contributed by atoms with van der Waals surface area (Å²) in [6.45, 7) is 11.3. The molecule has 0 spiro atoms. The van der Waals surface area contributed by atoms with E-state index in [0.717, 1.165) is 32.0 Å². The van der Waals surface area contributed by atoms with Gasteiger partial charge in [0, 0.05) is 19.6 Å². The number of aromatic nitrogens is 2. The van der Waals surface area contributed by atoms with Gasteiger partial charge < -0.3 is 0 Å². The third-order valence-electron chi connectivity index (χ3n) is 3.04. The van der Waals surface area contributed by atoms with Gasteiger partial charge in [0.25, 0.3) is 0 Å². The average Bonchev–Trinajstić information content (AvgIpc) is 2.59. The van der Waals surface area contributed by atoms with Gasteiger partial charge in [-0.2, -0.15) is 5.10 Å². The molecule has 2 rings (SSSR count). The van der Waals surface area contributed by atoms with Gasteiger partial charge in [0.2, 0.25) is 0 Å². The highest BCUT2D eigenvalue weighted by Crippen LogP contribution is 2.17. The third-order valence-corrected chi connectivity index (χ3v) is 3.04. The zero-order valence-corrected chi connectivity index (χ0v) is 10.0. The quantitative estimate of drug-likeness (QED) is 0.755. The molecule has 2 heterocycles. The molecule has 1 aliphatic heterocycles. The van der Waals surface area contributed by atoms with Gasteiger partial charge in [-0.25, -0.2) is 0 Å². The van der Waals surface area contributed by atoms with Crippen molar-refractivity contribution in [3.8, 4) is 0 Å². The molecule has 0 saturated heterocycles. The van der Waals surface area contributed by atoms with E-state index in [1.807, 2.05) is 6.20 Å². The van der Waals surface area contributed by atoms with Crippen molar-refractivity contribution >= 4 is 0 Å². The maximum absolute atomic E-state index is 4.43. The second-order valence-electron chi connectivity index (χ2n) is 4.82. The van der Waals surface area contributed by atoms with Crippen LogP contribution in [0.15, 0.2) is 6.20 Å². The SMILES string of the molecule is CCc1cnn2c1CN(CC(C)C)CC2. The first kappa shape index (κ1) is 10.7. The molecule has 0 bridgehead atoms. The van der Waals surface area contributed by atoms with E-state index in [1.165, 1.54) is 17.8 Å². The Balaban J connectivity index is 2.10. The molecule has 0 saturated carbocycles. The molecule has 0 aliphatic carbocycles. The van der Waals surface area contributed by atoms with E-state index in [0.29, 0.717) is 0 Å². The van der Waals surface area contributed by atoms with Crippen molar-refractivity contribution in [1.29, 1.82) is 0 Å². The van der Waals surface area contributed by atoms with Crippen molar-refractivity contribution < 1.29 is 0 Å². The lowest BCUT2D eigenvalue weighted by molar-refractivity contribution is 0.191. The van der Waals surface area contributed by atoms with E-state index in [2.05, 4.69) is 35.5 Å². The van der Waals surface area contributed by atoms with Crippen molar-refractivity contribution in [3.05, 3.63) is 17.5 Å². The van der Waals surface area contributed by atoms with E-state index in [9.17, 15) is 0 Å². The van der Waals surface area contributed by atoms with Crippen LogP contribution >= 0.6 is 0 Å². The third kappa shape index (κ3) is 2.23. The van der Waals surface area contributed by atoms with Crippen LogP contribution in [0.25, 0.3) is 0 Å². The van der Waals surface area contributed by atoms with E-state index < -0.39 is 0 Å². The van der Waals surface area contributed by atoms with Gasteiger partial charge in [-0.3, -0.25) is 9.58 Å². The molecule has 1 aromatic heterocycles. The van der Waals surface area contributed by atoms with E-state index >= 15 is 0 Å². The molecule has 0 unspecified atom stereocenters. The lowest BCUT2D eigenvalue weighted by Crippen LogP contribution is -2.36. The summed E-state index contributed by atoms with van der Waals surface area (Å²) < 4.78 is 2.18. The van der Waals surface area contributed by atoms with Gasteiger partial charge in [-0.1, -0.05) is 20.8 Å². The minimum Gasteiger partial charge on any atom is -0.295 e. The molecule has 0 radical (unpaired) electrons. The fourth-order valence-electron chi connectivity index (χ4n) is 2.32. The summed E-state index contributed by atoms with van der Waals surface area (Å²) in [5.74, 6) is 0.754. The van der Waals surface area contributed by atoms with Crippen molar-refractivity contribution in [3.63, 3.8) is 0 Å². The molecule has 0 N–H and O–H groups in total. The van der Waals surface area contributed by atoms with Crippen LogP contribution in [0.2, 0.25) is 0 Å². The average molecular weight is 207 g/mol. The molecule has 84 valence electrons. The Kier molecular flexibility index (Phi) is 3.10. The molecule has 15 heavy (non-hydrogen) atoms. The number of nitrogens with zero attached hydrogens (tertiary/aromatic N) is 3. The highest BCUT2D eigenvalue weighted by atomic mass is 15.3. The fraction of sp³-hybridized carbons (Fsp3) is 0.750. The van der Waals surface area contributed by atoms with Crippen molar-refractivity contribution in [2.24, 2.45) is 5.92 Å². The van der Waals surface area contributed by atoms with Crippen LogP contribution in [0.1, 0.15) is 32.0 Å². The molecule has 1 aliphatic rings. The smallest absolute Gasteiger partial charge is 0.0556 e. The first-order chi connectivity index (χ1) is 7.20. The Morgan fingerprint density at radius 1 is 1.40 bits per heavy atom. The van der Waals surface area contributed by atoms with Crippen molar-refractivity contribution in [2.75, 3.05) is 13.1 Å². The minimum absolute atomic E-state index is 0.754. The molecule has 0 aromatic carbocycles. The molecule has 0 fully saturated rings. The Hall–Kier alpha value is -0.830. The molecular weight excluding hydrogens is 186 g/mol. The maximum Gasteiger partial charge on any atom is 0.0556 e. The topological polar surface area (TPSA) is 21.1 Å². The van der Waals surface area contributed by atoms with Gasteiger partial charge in [0.1, 0.15) is 0 Å². The van der Waals surface area contributed by atoms with E-state index in [4.69, 9.17) is 0 Å². The number of hydrogen-bond donors (Lipinski definition) is 0. The van der Waals surface area contributed by atoms with Gasteiger partial charge in [0.15, 0.2) is 0 Å². The monoisotopic (exact) mass is 207 g/mol. The molecule has 0 amide bonds. The van der Waals surface area contributed by atoms with E-state index in [1.54, 1.807) is 0 Å². The van der Waals surface area contributed by atoms with Crippen LogP contribution < -0.4 is 0 Å². The van der Waals surface area contributed by atoms with Crippen LogP contribution in [0.5, 0.6) is 0 Å². The van der Waals surface area contributed by atoms with Crippen molar-refractivity contribution in [1.82, 2.24) is 14.7 Å². The Bertz CT molecular complexity index is 314. The first-order valence-corrected chi connectivity index (χ1v) is 5.96. The lowest BCUT2D eigenvalue weighted by atomic mass is 10.1. The van der Waals surface area contributed by atoms with Crippen LogP contribution in [0.4, 0.5) is 0 Å². The second kappa shape index (κ2) is 4.35. The molecule has 1 aromatic rings. The van der Waals surface area contributed by atoms with Crippen LogP contribution in [-0.2, 0) is 19.5 Å². The predicted octanol–water partition coefficient (Wildman–Crippen LogP) is 1.92. The van der Waals surface area contributed by atoms with Crippen LogP contribution in [0, 0.1) is 5.92 Å². The predicted molar refractivity (Wildman–Crippen MR) is 61.7 cm³/mol. The van der Waals surface area contributed by atoms with Gasteiger partial charge in [-0.05, 0) is 17.9 Å². The molecular formula is C12H21N3. The Morgan fingerprint density at radius 2 is 2.20 bits per heavy atom. The maximum atomic E-state index is 4.43. The summed E-state index contributed by atoms with van der Waals surface area (Å²) in [7, 11) is 0. The zero-order valence-electron chi connectivity index (χ0n) is 10.0. The number of fused-ring (bicyclic) bond motifs is 1. The zero-order chi connectivity index (χ0) is 10.8. The number of aryl methyl sites for hydroxylation is 1. The first-order valence-electron chi connectivity index (χ1n) is 5.96. The minimum atomic E-state index is 0.754. The standard InChI is InChI=1S/C12H21N3/c1-4-11-7-13-15-6-5-14(8-10(2)3)9-12(11)15/h7,10H,4-6,8-9H2,1-3H3. The highest BCUT2D eigenvalue weighted by molar-refractivity contribution is 5.18. The second-order valence-corrected chi connectivity index (χ2v) is 4.82. The lowest BCUT2D eigenvalue weighted by Gasteiger charge is -2.29. The van der Waals surface area contributed by atoms with Gasteiger partial charge >= 0.3 is 0 Å². The van der Waals surface area contributed by atoms with Crippen molar-refractivity contribution in [2.45, 2.75) is 40.3 Å². The van der Waals surface area contributed by atoms with Gasteiger partial charge in [-0.15, -0.1) is 0 Å². The van der Waals surface area contributed by atoms with E-state index in [-0.39, 0.29) is 0 Å². The summed E-state index contributed by atoms with van der Waals surface area (Å²) in [5.41, 5.74) is 2.85. The summed E-state index contributed by atoms with van der Waals surface area (Å²) in [5, 5.41) is 4.43. The normalized spacial score (nSPS) is 17.1. The fourth-order valence-corrected chi connectivity index (χ4v) is 2.32. The summed E-state index contributed by atoms with van der Waals surface area (Å²) >= 11 is 0. The summed E-state index contributed by atoms with van der Waals surface area (Å²) in [6, 6.07) is 0. The molecule has 3 nitrogen and oxygen atoms in total. The van der Waals surface area contributed by atoms with Crippen LogP contribution in [-0.4, -0.2) is 27.8 Å². The number of rotatable bonds is 3. The largest absolute Gasteiger partial charge is 0.295 e.